The first-order chi connectivity index (χ1) is 9.06. The molecule has 2 rings (SSSR count). The maximum absolute atomic E-state index is 9.42. The van der Waals surface area contributed by atoms with Crippen molar-refractivity contribution in [1.82, 2.24) is 15.0 Å². The minimum Gasteiger partial charge on any atom is -0.394 e. The van der Waals surface area contributed by atoms with Crippen molar-refractivity contribution in [1.29, 1.82) is 0 Å². The largest absolute Gasteiger partial charge is 0.394 e. The predicted octanol–water partition coefficient (Wildman–Crippen LogP) is 1.70. The van der Waals surface area contributed by atoms with E-state index in [9.17, 15) is 5.11 Å². The molecule has 106 valence electrons. The van der Waals surface area contributed by atoms with Gasteiger partial charge < -0.3 is 15.3 Å². The fourth-order valence-corrected chi connectivity index (χ4v) is 2.12. The molecule has 1 aliphatic rings. The van der Waals surface area contributed by atoms with Gasteiger partial charge in [-0.25, -0.2) is 0 Å². The van der Waals surface area contributed by atoms with Crippen molar-refractivity contribution in [2.24, 2.45) is 0 Å². The van der Waals surface area contributed by atoms with Gasteiger partial charge in [0, 0.05) is 13.1 Å². The summed E-state index contributed by atoms with van der Waals surface area (Å²) in [6, 6.07) is 0. The molecule has 2 N–H and O–H groups in total. The van der Waals surface area contributed by atoms with E-state index in [2.05, 4.69) is 25.2 Å². The molecule has 1 aromatic rings. The molecule has 1 fully saturated rings. The van der Waals surface area contributed by atoms with Crippen molar-refractivity contribution >= 4 is 23.5 Å². The number of halogens is 1. The minimum absolute atomic E-state index is 0.00580. The molecule has 0 aromatic carbocycles. The van der Waals surface area contributed by atoms with Crippen molar-refractivity contribution in [3.63, 3.8) is 0 Å². The molecule has 1 unspecified atom stereocenters. The summed E-state index contributed by atoms with van der Waals surface area (Å²) in [5.41, 5.74) is -0.451. The smallest absolute Gasteiger partial charge is 0.231 e. The average molecular weight is 286 g/mol. The quantitative estimate of drug-likeness (QED) is 0.858. The number of hydrogen-bond donors (Lipinski definition) is 2. The highest BCUT2D eigenvalue weighted by atomic mass is 35.5. The molecule has 0 aliphatic carbocycles. The molecule has 1 atom stereocenters. The van der Waals surface area contributed by atoms with Crippen LogP contribution in [0.1, 0.15) is 33.1 Å². The molecule has 6 nitrogen and oxygen atoms in total. The van der Waals surface area contributed by atoms with Crippen LogP contribution in [0.3, 0.4) is 0 Å². The lowest BCUT2D eigenvalue weighted by molar-refractivity contribution is 0.218. The standard InChI is InChI=1S/C12H20ClN5O/c1-3-12(2,8-19)17-10-14-9(13)15-11(16-10)18-6-4-5-7-18/h19H,3-8H2,1-2H3,(H,14,15,16,17). The van der Waals surface area contributed by atoms with Gasteiger partial charge in [0.05, 0.1) is 12.1 Å². The molecular weight excluding hydrogens is 266 g/mol. The van der Waals surface area contributed by atoms with Crippen LogP contribution in [0.15, 0.2) is 0 Å². The Morgan fingerprint density at radius 2 is 2.00 bits per heavy atom. The average Bonchev–Trinajstić information content (AvgIpc) is 2.92. The summed E-state index contributed by atoms with van der Waals surface area (Å²) in [6.45, 7) is 5.81. The molecule has 1 saturated heterocycles. The maximum Gasteiger partial charge on any atom is 0.231 e. The zero-order valence-corrected chi connectivity index (χ0v) is 12.1. The second-order valence-electron chi connectivity index (χ2n) is 5.12. The van der Waals surface area contributed by atoms with E-state index in [4.69, 9.17) is 11.6 Å². The third kappa shape index (κ3) is 3.45. The second kappa shape index (κ2) is 5.88. The summed E-state index contributed by atoms with van der Waals surface area (Å²) >= 11 is 5.95. The van der Waals surface area contributed by atoms with E-state index in [-0.39, 0.29) is 11.9 Å². The summed E-state index contributed by atoms with van der Waals surface area (Å²) in [4.78, 5) is 14.7. The summed E-state index contributed by atoms with van der Waals surface area (Å²) < 4.78 is 0. The topological polar surface area (TPSA) is 74.2 Å². The number of rotatable bonds is 5. The number of hydrogen-bond acceptors (Lipinski definition) is 6. The Balaban J connectivity index is 2.21. The van der Waals surface area contributed by atoms with Crippen molar-refractivity contribution in [3.05, 3.63) is 5.28 Å². The van der Waals surface area contributed by atoms with Gasteiger partial charge >= 0.3 is 0 Å². The van der Waals surface area contributed by atoms with Crippen LogP contribution < -0.4 is 10.2 Å². The van der Waals surface area contributed by atoms with Crippen LogP contribution in [-0.2, 0) is 0 Å². The third-order valence-electron chi connectivity index (χ3n) is 3.53. The van der Waals surface area contributed by atoms with Crippen LogP contribution in [0, 0.1) is 0 Å². The lowest BCUT2D eigenvalue weighted by atomic mass is 10.0. The number of anilines is 2. The fourth-order valence-electron chi connectivity index (χ4n) is 1.96. The van der Waals surface area contributed by atoms with Gasteiger partial charge in [-0.05, 0) is 37.8 Å². The van der Waals surface area contributed by atoms with Crippen LogP contribution in [0.4, 0.5) is 11.9 Å². The maximum atomic E-state index is 9.42. The van der Waals surface area contributed by atoms with E-state index in [1.54, 1.807) is 0 Å². The molecule has 1 aliphatic heterocycles. The van der Waals surface area contributed by atoms with E-state index >= 15 is 0 Å². The number of nitrogens with one attached hydrogen (secondary N) is 1. The van der Waals surface area contributed by atoms with Crippen molar-refractivity contribution in [2.45, 2.75) is 38.6 Å². The van der Waals surface area contributed by atoms with E-state index in [0.29, 0.717) is 11.9 Å². The molecule has 19 heavy (non-hydrogen) atoms. The predicted molar refractivity (Wildman–Crippen MR) is 75.7 cm³/mol. The Bertz CT molecular complexity index is 432. The Hall–Kier alpha value is -1.14. The molecule has 2 heterocycles. The van der Waals surface area contributed by atoms with Gasteiger partial charge in [-0.15, -0.1) is 0 Å². The van der Waals surface area contributed by atoms with Crippen molar-refractivity contribution in [2.75, 3.05) is 29.9 Å². The SMILES string of the molecule is CCC(C)(CO)Nc1nc(Cl)nc(N2CCCC2)n1. The first-order valence-corrected chi connectivity index (χ1v) is 7.00. The number of aliphatic hydroxyl groups excluding tert-OH is 1. The fraction of sp³-hybridized carbons (Fsp3) is 0.750. The van der Waals surface area contributed by atoms with Crippen LogP contribution in [0.25, 0.3) is 0 Å². The van der Waals surface area contributed by atoms with E-state index in [1.165, 1.54) is 0 Å². The molecule has 1 aromatic heterocycles. The third-order valence-corrected chi connectivity index (χ3v) is 3.70. The van der Waals surface area contributed by atoms with Gasteiger partial charge in [0.2, 0.25) is 17.2 Å². The molecule has 0 radical (unpaired) electrons. The van der Waals surface area contributed by atoms with Gasteiger partial charge in [0.1, 0.15) is 0 Å². The van der Waals surface area contributed by atoms with Gasteiger partial charge in [0.25, 0.3) is 0 Å². The zero-order valence-electron chi connectivity index (χ0n) is 11.4. The number of aliphatic hydroxyl groups is 1. The first kappa shape index (κ1) is 14.3. The molecule has 0 bridgehead atoms. The van der Waals surface area contributed by atoms with E-state index < -0.39 is 5.54 Å². The van der Waals surface area contributed by atoms with Crippen LogP contribution >= 0.6 is 11.6 Å². The lowest BCUT2D eigenvalue weighted by Gasteiger charge is -2.27. The molecule has 0 amide bonds. The summed E-state index contributed by atoms with van der Waals surface area (Å²) in [7, 11) is 0. The zero-order chi connectivity index (χ0) is 13.9. The van der Waals surface area contributed by atoms with Crippen molar-refractivity contribution in [3.8, 4) is 0 Å². The van der Waals surface area contributed by atoms with E-state index in [1.807, 2.05) is 13.8 Å². The first-order valence-electron chi connectivity index (χ1n) is 6.62. The Morgan fingerprint density at radius 1 is 1.32 bits per heavy atom. The summed E-state index contributed by atoms with van der Waals surface area (Å²) in [6.07, 6.45) is 3.05. The summed E-state index contributed by atoms with van der Waals surface area (Å²) in [5.74, 6) is 1.02. The Kier molecular flexibility index (Phi) is 4.42. The molecule has 0 spiro atoms. The highest BCUT2D eigenvalue weighted by Gasteiger charge is 2.23. The highest BCUT2D eigenvalue weighted by molar-refractivity contribution is 6.28. The van der Waals surface area contributed by atoms with Crippen molar-refractivity contribution < 1.29 is 5.11 Å². The molecule has 0 saturated carbocycles. The van der Waals surface area contributed by atoms with Crippen LogP contribution in [0.2, 0.25) is 5.28 Å². The van der Waals surface area contributed by atoms with Crippen LogP contribution in [0.5, 0.6) is 0 Å². The van der Waals surface area contributed by atoms with Crippen LogP contribution in [-0.4, -0.2) is 45.3 Å². The highest BCUT2D eigenvalue weighted by Crippen LogP contribution is 2.21. The Labute approximate surface area is 118 Å². The number of nitrogens with zero attached hydrogens (tertiary/aromatic N) is 4. The van der Waals surface area contributed by atoms with Gasteiger partial charge in [-0.3, -0.25) is 0 Å². The van der Waals surface area contributed by atoms with Gasteiger partial charge in [-0.2, -0.15) is 15.0 Å². The van der Waals surface area contributed by atoms with E-state index in [0.717, 1.165) is 32.4 Å². The Morgan fingerprint density at radius 3 is 2.58 bits per heavy atom. The van der Waals surface area contributed by atoms with Gasteiger partial charge in [-0.1, -0.05) is 6.92 Å². The minimum atomic E-state index is -0.451. The normalized spacial score (nSPS) is 18.4. The lowest BCUT2D eigenvalue weighted by Crippen LogP contribution is -2.39. The molecular formula is C12H20ClN5O. The second-order valence-corrected chi connectivity index (χ2v) is 5.46. The monoisotopic (exact) mass is 285 g/mol. The van der Waals surface area contributed by atoms with Gasteiger partial charge in [0.15, 0.2) is 0 Å². The summed E-state index contributed by atoms with van der Waals surface area (Å²) in [5, 5.41) is 12.7. The number of aromatic nitrogens is 3. The molecule has 7 heteroatoms.